The summed E-state index contributed by atoms with van der Waals surface area (Å²) in [6.07, 6.45) is -5.23. The molecule has 0 fully saturated rings. The van der Waals surface area contributed by atoms with Gasteiger partial charge in [-0.25, -0.2) is 4.79 Å². The average Bonchev–Trinajstić information content (AvgIpc) is 2.21. The summed E-state index contributed by atoms with van der Waals surface area (Å²) in [7, 11) is 0.843. The van der Waals surface area contributed by atoms with Crippen LogP contribution in [-0.2, 0) is 23.9 Å². The van der Waals surface area contributed by atoms with Crippen LogP contribution >= 0.6 is 0 Å². The van der Waals surface area contributed by atoms with Gasteiger partial charge in [-0.1, -0.05) is 0 Å². The topological polar surface area (TPSA) is 81.7 Å². The summed E-state index contributed by atoms with van der Waals surface area (Å²) in [5, 5.41) is 1.21. The van der Waals surface area contributed by atoms with E-state index in [1.807, 2.05) is 0 Å². The summed E-state index contributed by atoms with van der Waals surface area (Å²) in [6.45, 7) is -1.15. The molecule has 1 N–H and O–H groups in total. The Morgan fingerprint density at radius 3 is 2.29 bits per heavy atom. The first-order valence-electron chi connectivity index (χ1n) is 4.72. The van der Waals surface area contributed by atoms with Crippen LogP contribution in [0, 0.1) is 0 Å². The zero-order valence-electron chi connectivity index (χ0n) is 9.83. The van der Waals surface area contributed by atoms with Crippen LogP contribution in [0.4, 0.5) is 13.2 Å². The molecule has 0 aromatic rings. The molecular weight excluding hydrogens is 247 g/mol. The molecule has 17 heavy (non-hydrogen) atoms. The molecule has 1 amide bonds. The second-order valence-electron chi connectivity index (χ2n) is 2.72. The predicted octanol–water partition coefficient (Wildman–Crippen LogP) is -0.230. The Balaban J connectivity index is 4.85. The highest BCUT2D eigenvalue weighted by atomic mass is 19.4. The number of halogens is 3. The standard InChI is InChI=1S/C8H10F3NO5/c1-4(13)17-3-5(6(14)16-2)12-7(15)8(9,10)11/h5H,3H2,1-2H3,(H,12,15)/t5-/m0/s1/i3D/t3-,5+/m1. The maximum absolute atomic E-state index is 12.0. The number of rotatable bonds is 4. The highest BCUT2D eigenvalue weighted by Gasteiger charge is 2.41. The highest BCUT2D eigenvalue weighted by Crippen LogP contribution is 2.14. The molecule has 0 aliphatic heterocycles. The summed E-state index contributed by atoms with van der Waals surface area (Å²) in [6, 6.07) is -2.06. The molecule has 0 spiro atoms. The Morgan fingerprint density at radius 2 is 1.94 bits per heavy atom. The molecule has 98 valence electrons. The fourth-order valence-electron chi connectivity index (χ4n) is 0.662. The van der Waals surface area contributed by atoms with Crippen LogP contribution in [0.3, 0.4) is 0 Å². The normalized spacial score (nSPS) is 15.2. The second kappa shape index (κ2) is 6.06. The molecular formula is C8H10F3NO5. The third-order valence-electron chi connectivity index (χ3n) is 1.37. The number of carbonyl (C=O) groups is 3. The van der Waals surface area contributed by atoms with E-state index >= 15 is 0 Å². The Morgan fingerprint density at radius 1 is 1.41 bits per heavy atom. The van der Waals surface area contributed by atoms with Gasteiger partial charge in [0.2, 0.25) is 0 Å². The third-order valence-corrected chi connectivity index (χ3v) is 1.37. The lowest BCUT2D eigenvalue weighted by Crippen LogP contribution is -2.49. The van der Waals surface area contributed by atoms with E-state index in [-0.39, 0.29) is 0 Å². The summed E-state index contributed by atoms with van der Waals surface area (Å²) < 4.78 is 51.4. The van der Waals surface area contributed by atoms with E-state index in [0.29, 0.717) is 0 Å². The van der Waals surface area contributed by atoms with Crippen molar-refractivity contribution in [1.82, 2.24) is 5.32 Å². The number of nitrogens with one attached hydrogen (secondary N) is 1. The number of alkyl halides is 3. The van der Waals surface area contributed by atoms with Gasteiger partial charge in [-0.05, 0) is 0 Å². The number of carbonyl (C=O) groups excluding carboxylic acids is 3. The van der Waals surface area contributed by atoms with E-state index in [0.717, 1.165) is 14.0 Å². The molecule has 9 heteroatoms. The Kier molecular flexibility index (Phi) is 4.73. The molecule has 2 atom stereocenters. The zero-order valence-corrected chi connectivity index (χ0v) is 8.83. The largest absolute Gasteiger partial charge is 0.471 e. The van der Waals surface area contributed by atoms with Crippen LogP contribution < -0.4 is 5.32 Å². The van der Waals surface area contributed by atoms with Gasteiger partial charge in [0.15, 0.2) is 6.04 Å². The first-order valence-corrected chi connectivity index (χ1v) is 4.14. The molecule has 0 aliphatic carbocycles. The first kappa shape index (κ1) is 13.3. The summed E-state index contributed by atoms with van der Waals surface area (Å²) >= 11 is 0. The third kappa shape index (κ3) is 5.73. The number of methoxy groups -OCH3 is 1. The van der Waals surface area contributed by atoms with Crippen molar-refractivity contribution < 1.29 is 38.4 Å². The molecule has 0 saturated heterocycles. The average molecular weight is 258 g/mol. The molecule has 6 nitrogen and oxygen atoms in total. The van der Waals surface area contributed by atoms with Crippen molar-refractivity contribution in [2.45, 2.75) is 19.1 Å². The first-order chi connectivity index (χ1) is 8.09. The number of ether oxygens (including phenoxy) is 2. The minimum Gasteiger partial charge on any atom is -0.467 e. The molecule has 0 aliphatic rings. The number of esters is 2. The maximum atomic E-state index is 12.0. The van der Waals surface area contributed by atoms with Crippen LogP contribution in [0.2, 0.25) is 0 Å². The number of hydrogen-bond acceptors (Lipinski definition) is 5. The molecule has 0 aromatic carbocycles. The van der Waals surface area contributed by atoms with Gasteiger partial charge >= 0.3 is 24.0 Å². The Hall–Kier alpha value is -1.80. The SMILES string of the molecule is [2H][C@@H](OC(C)=O)[C@H](NC(=O)C(F)(F)F)C(=O)OC. The van der Waals surface area contributed by atoms with E-state index in [4.69, 9.17) is 1.37 Å². The number of hydrogen-bond donors (Lipinski definition) is 1. The smallest absolute Gasteiger partial charge is 0.467 e. The van der Waals surface area contributed by atoms with Gasteiger partial charge < -0.3 is 14.8 Å². The van der Waals surface area contributed by atoms with Crippen molar-refractivity contribution in [2.75, 3.05) is 13.7 Å². The molecule has 0 radical (unpaired) electrons. The lowest BCUT2D eigenvalue weighted by Gasteiger charge is -2.16. The summed E-state index contributed by atoms with van der Waals surface area (Å²) in [4.78, 5) is 32.2. The van der Waals surface area contributed by atoms with Crippen LogP contribution in [-0.4, -0.2) is 43.8 Å². The lowest BCUT2D eigenvalue weighted by atomic mass is 10.3. The van der Waals surface area contributed by atoms with E-state index in [1.165, 1.54) is 5.32 Å². The zero-order chi connectivity index (χ0) is 14.5. The number of amides is 1. The molecule has 0 aromatic heterocycles. The minimum absolute atomic E-state index is 0.843. The van der Waals surface area contributed by atoms with Crippen molar-refractivity contribution in [3.63, 3.8) is 0 Å². The van der Waals surface area contributed by atoms with Crippen LogP contribution in [0.15, 0.2) is 0 Å². The predicted molar refractivity (Wildman–Crippen MR) is 46.6 cm³/mol. The van der Waals surface area contributed by atoms with E-state index in [1.54, 1.807) is 0 Å². The molecule has 0 bridgehead atoms. The van der Waals surface area contributed by atoms with Gasteiger partial charge in [-0.2, -0.15) is 13.2 Å². The monoisotopic (exact) mass is 258 g/mol. The second-order valence-corrected chi connectivity index (χ2v) is 2.72. The van der Waals surface area contributed by atoms with Gasteiger partial charge in [0.25, 0.3) is 0 Å². The van der Waals surface area contributed by atoms with Crippen LogP contribution in [0.1, 0.15) is 8.29 Å². The van der Waals surface area contributed by atoms with Gasteiger partial charge in [0.05, 0.1) is 8.48 Å². The van der Waals surface area contributed by atoms with E-state index < -0.39 is 36.6 Å². The quantitative estimate of drug-likeness (QED) is 0.704. The Bertz CT molecular complexity index is 346. The minimum atomic E-state index is -5.23. The maximum Gasteiger partial charge on any atom is 0.471 e. The summed E-state index contributed by atoms with van der Waals surface area (Å²) in [5.41, 5.74) is 0. The van der Waals surface area contributed by atoms with Crippen LogP contribution in [0.25, 0.3) is 0 Å². The van der Waals surface area contributed by atoms with Gasteiger partial charge in [0, 0.05) is 6.92 Å². The van der Waals surface area contributed by atoms with E-state index in [2.05, 4.69) is 9.47 Å². The van der Waals surface area contributed by atoms with Crippen molar-refractivity contribution in [2.24, 2.45) is 0 Å². The lowest BCUT2D eigenvalue weighted by molar-refractivity contribution is -0.176. The van der Waals surface area contributed by atoms with Crippen molar-refractivity contribution >= 4 is 17.8 Å². The highest BCUT2D eigenvalue weighted by molar-refractivity contribution is 5.87. The van der Waals surface area contributed by atoms with Gasteiger partial charge in [0.1, 0.15) is 6.58 Å². The fourth-order valence-corrected chi connectivity index (χ4v) is 0.662. The van der Waals surface area contributed by atoms with Gasteiger partial charge in [-0.3, -0.25) is 9.59 Å². The fraction of sp³-hybridized carbons (Fsp3) is 0.625. The molecule has 0 rings (SSSR count). The van der Waals surface area contributed by atoms with Crippen LogP contribution in [0.5, 0.6) is 0 Å². The molecule has 0 saturated carbocycles. The van der Waals surface area contributed by atoms with Crippen molar-refractivity contribution in [3.05, 3.63) is 0 Å². The summed E-state index contributed by atoms with van der Waals surface area (Å²) in [5.74, 6) is -4.78. The molecule has 0 heterocycles. The van der Waals surface area contributed by atoms with Gasteiger partial charge in [-0.15, -0.1) is 0 Å². The van der Waals surface area contributed by atoms with Crippen molar-refractivity contribution in [1.29, 1.82) is 0 Å². The van der Waals surface area contributed by atoms with E-state index in [9.17, 15) is 27.6 Å². The molecule has 0 unspecified atom stereocenters. The Labute approximate surface area is 95.5 Å². The van der Waals surface area contributed by atoms with Crippen molar-refractivity contribution in [3.8, 4) is 0 Å².